The molecule has 2 aliphatic heterocycles. The van der Waals surface area contributed by atoms with E-state index in [1.54, 1.807) is 49.4 Å². The quantitative estimate of drug-likeness (QED) is 0.218. The van der Waals surface area contributed by atoms with Crippen molar-refractivity contribution in [3.05, 3.63) is 99.1 Å². The van der Waals surface area contributed by atoms with Gasteiger partial charge in [0.15, 0.2) is 0 Å². The molecule has 4 amide bonds. The summed E-state index contributed by atoms with van der Waals surface area (Å²) in [6.07, 6.45) is 2.75. The summed E-state index contributed by atoms with van der Waals surface area (Å²) in [5.41, 5.74) is 2.38. The van der Waals surface area contributed by atoms with E-state index in [1.807, 2.05) is 43.3 Å². The van der Waals surface area contributed by atoms with E-state index in [-0.39, 0.29) is 35.3 Å². The number of para-hydroxylation sites is 1. The number of aromatic hydroxyl groups is 1. The lowest BCUT2D eigenvalue weighted by atomic mass is 9.51. The molecular formula is C34H29IN2O5. The SMILES string of the molecule is Cc1cc(C2C3=CCC4C(=O)N(c5ccc(I)cc5)C(=O)C4C3CC3C(=O)N(c4ccccc4)C(=O)C32C)ccc1O. The van der Waals surface area contributed by atoms with E-state index in [9.17, 15) is 24.3 Å². The van der Waals surface area contributed by atoms with Crippen molar-refractivity contribution in [3.8, 4) is 5.75 Å². The molecule has 212 valence electrons. The number of phenolic OH excluding ortho intramolecular Hbond substituents is 1. The van der Waals surface area contributed by atoms with Gasteiger partial charge in [-0.2, -0.15) is 0 Å². The maximum atomic E-state index is 14.4. The molecule has 3 fully saturated rings. The molecule has 0 spiro atoms. The first-order valence-electron chi connectivity index (χ1n) is 14.2. The predicted octanol–water partition coefficient (Wildman–Crippen LogP) is 5.74. The van der Waals surface area contributed by atoms with E-state index in [2.05, 4.69) is 22.6 Å². The zero-order chi connectivity index (χ0) is 29.5. The molecule has 8 heteroatoms. The van der Waals surface area contributed by atoms with Crippen molar-refractivity contribution in [1.29, 1.82) is 0 Å². The molecule has 1 saturated carbocycles. The molecule has 6 atom stereocenters. The highest BCUT2D eigenvalue weighted by Crippen LogP contribution is 2.63. The number of nitrogens with zero attached hydrogens (tertiary/aromatic N) is 2. The van der Waals surface area contributed by atoms with Crippen molar-refractivity contribution in [1.82, 2.24) is 0 Å². The number of allylic oxidation sites excluding steroid dienone is 2. The molecule has 1 N–H and O–H groups in total. The van der Waals surface area contributed by atoms with Crippen molar-refractivity contribution in [2.75, 3.05) is 9.80 Å². The molecule has 42 heavy (non-hydrogen) atoms. The average molecular weight is 673 g/mol. The van der Waals surface area contributed by atoms with Crippen molar-refractivity contribution < 1.29 is 24.3 Å². The Morgan fingerprint density at radius 3 is 2.21 bits per heavy atom. The van der Waals surface area contributed by atoms with Gasteiger partial charge in [-0.25, -0.2) is 4.90 Å². The molecule has 7 rings (SSSR count). The topological polar surface area (TPSA) is 95.0 Å². The highest BCUT2D eigenvalue weighted by molar-refractivity contribution is 14.1. The maximum absolute atomic E-state index is 14.4. The summed E-state index contributed by atoms with van der Waals surface area (Å²) in [4.78, 5) is 59.0. The van der Waals surface area contributed by atoms with Crippen molar-refractivity contribution >= 4 is 57.6 Å². The second-order valence-corrected chi connectivity index (χ2v) is 13.3. The van der Waals surface area contributed by atoms with Gasteiger partial charge in [-0.05, 0) is 109 Å². The summed E-state index contributed by atoms with van der Waals surface area (Å²) in [6.45, 7) is 3.68. The van der Waals surface area contributed by atoms with Crippen LogP contribution in [0, 0.1) is 39.6 Å². The molecule has 0 radical (unpaired) electrons. The standard InChI is InChI=1S/C34H29IN2O5/c1-18-16-19(8-15-27(18)38)29-23-13-14-24-28(32(41)36(30(24)39)22-11-9-20(35)10-12-22)25(23)17-26-31(40)37(33(42)34(26,29)2)21-6-4-3-5-7-21/h3-13,15-16,24-26,28-29,38H,14,17H2,1-2H3. The van der Waals surface area contributed by atoms with Gasteiger partial charge in [0.2, 0.25) is 23.6 Å². The first kappa shape index (κ1) is 27.1. The van der Waals surface area contributed by atoms with E-state index in [0.29, 0.717) is 29.8 Å². The third-order valence-electron chi connectivity index (χ3n) is 9.93. The van der Waals surface area contributed by atoms with Gasteiger partial charge in [-0.3, -0.25) is 24.1 Å². The Bertz CT molecular complexity index is 1700. The molecule has 3 aromatic rings. The minimum absolute atomic E-state index is 0.148. The van der Waals surface area contributed by atoms with Crippen molar-refractivity contribution in [2.24, 2.45) is 29.1 Å². The number of benzene rings is 3. The van der Waals surface area contributed by atoms with Gasteiger partial charge in [0.05, 0.1) is 34.5 Å². The molecule has 0 aromatic heterocycles. The van der Waals surface area contributed by atoms with Crippen LogP contribution < -0.4 is 9.80 Å². The van der Waals surface area contributed by atoms with Crippen LogP contribution in [0.15, 0.2) is 84.4 Å². The summed E-state index contributed by atoms with van der Waals surface area (Å²) in [6, 6.07) is 21.6. The van der Waals surface area contributed by atoms with Crippen LogP contribution in [0.4, 0.5) is 11.4 Å². The van der Waals surface area contributed by atoms with Crippen LogP contribution in [0.2, 0.25) is 0 Å². The van der Waals surface area contributed by atoms with Gasteiger partial charge in [-0.1, -0.05) is 42.0 Å². The largest absolute Gasteiger partial charge is 0.508 e. The second-order valence-electron chi connectivity index (χ2n) is 12.0. The maximum Gasteiger partial charge on any atom is 0.241 e. The van der Waals surface area contributed by atoms with E-state index in [4.69, 9.17) is 0 Å². The highest BCUT2D eigenvalue weighted by atomic mass is 127. The summed E-state index contributed by atoms with van der Waals surface area (Å²) >= 11 is 2.19. The molecule has 2 aliphatic carbocycles. The lowest BCUT2D eigenvalue weighted by molar-refractivity contribution is -0.131. The van der Waals surface area contributed by atoms with E-state index in [1.165, 1.54) is 9.80 Å². The van der Waals surface area contributed by atoms with Crippen LogP contribution in [-0.2, 0) is 19.2 Å². The molecule has 4 aliphatic rings. The minimum Gasteiger partial charge on any atom is -0.508 e. The molecular weight excluding hydrogens is 643 g/mol. The normalized spacial score (nSPS) is 30.3. The fourth-order valence-corrected chi connectivity index (χ4v) is 8.28. The van der Waals surface area contributed by atoms with Gasteiger partial charge < -0.3 is 5.11 Å². The van der Waals surface area contributed by atoms with Crippen molar-refractivity contribution in [3.63, 3.8) is 0 Å². The summed E-state index contributed by atoms with van der Waals surface area (Å²) in [5, 5.41) is 10.3. The number of anilines is 2. The molecule has 2 heterocycles. The van der Waals surface area contributed by atoms with Crippen LogP contribution in [0.1, 0.15) is 36.8 Å². The molecule has 7 nitrogen and oxygen atoms in total. The predicted molar refractivity (Wildman–Crippen MR) is 166 cm³/mol. The van der Waals surface area contributed by atoms with Crippen LogP contribution >= 0.6 is 22.6 Å². The van der Waals surface area contributed by atoms with Crippen LogP contribution in [0.5, 0.6) is 5.75 Å². The smallest absolute Gasteiger partial charge is 0.241 e. The molecule has 2 saturated heterocycles. The number of imide groups is 2. The Morgan fingerprint density at radius 1 is 0.833 bits per heavy atom. The second kappa shape index (κ2) is 9.62. The zero-order valence-electron chi connectivity index (χ0n) is 23.2. The third kappa shape index (κ3) is 3.70. The summed E-state index contributed by atoms with van der Waals surface area (Å²) in [7, 11) is 0. The Labute approximate surface area is 257 Å². The third-order valence-corrected chi connectivity index (χ3v) is 10.6. The number of amides is 4. The molecule has 0 bridgehead atoms. The fraction of sp³-hybridized carbons (Fsp3) is 0.294. The minimum atomic E-state index is -1.10. The van der Waals surface area contributed by atoms with Gasteiger partial charge in [0.1, 0.15) is 5.75 Å². The number of carbonyl (C=O) groups excluding carboxylic acids is 4. The van der Waals surface area contributed by atoms with E-state index < -0.39 is 29.1 Å². The van der Waals surface area contributed by atoms with Crippen LogP contribution in [0.25, 0.3) is 0 Å². The van der Waals surface area contributed by atoms with Gasteiger partial charge >= 0.3 is 0 Å². The Kier molecular flexibility index (Phi) is 6.20. The monoisotopic (exact) mass is 672 g/mol. The van der Waals surface area contributed by atoms with Gasteiger partial charge in [0.25, 0.3) is 0 Å². The Balaban J connectivity index is 1.37. The number of carbonyl (C=O) groups is 4. The van der Waals surface area contributed by atoms with Gasteiger partial charge in [0, 0.05) is 9.49 Å². The fourth-order valence-electron chi connectivity index (χ4n) is 7.92. The summed E-state index contributed by atoms with van der Waals surface area (Å²) in [5.74, 6) is -3.55. The van der Waals surface area contributed by atoms with E-state index in [0.717, 1.165) is 14.7 Å². The van der Waals surface area contributed by atoms with Gasteiger partial charge in [-0.15, -0.1) is 0 Å². The highest BCUT2D eigenvalue weighted by Gasteiger charge is 2.67. The number of rotatable bonds is 3. The Hall–Kier alpha value is -3.79. The van der Waals surface area contributed by atoms with Crippen molar-refractivity contribution in [2.45, 2.75) is 32.6 Å². The number of hydrogen-bond donors (Lipinski definition) is 1. The lowest BCUT2D eigenvalue weighted by Gasteiger charge is -2.49. The first-order chi connectivity index (χ1) is 20.1. The Morgan fingerprint density at radius 2 is 1.52 bits per heavy atom. The molecule has 3 aromatic carbocycles. The number of phenols is 1. The zero-order valence-corrected chi connectivity index (χ0v) is 25.3. The number of fused-ring (bicyclic) bond motifs is 4. The number of hydrogen-bond acceptors (Lipinski definition) is 5. The van der Waals surface area contributed by atoms with Crippen LogP contribution in [-0.4, -0.2) is 28.7 Å². The first-order valence-corrected chi connectivity index (χ1v) is 15.3. The average Bonchev–Trinajstić information content (AvgIpc) is 3.35. The van der Waals surface area contributed by atoms with Crippen LogP contribution in [0.3, 0.4) is 0 Å². The van der Waals surface area contributed by atoms with E-state index >= 15 is 0 Å². The summed E-state index contributed by atoms with van der Waals surface area (Å²) < 4.78 is 1.00. The lowest BCUT2D eigenvalue weighted by Crippen LogP contribution is -2.48. The number of aryl methyl sites for hydroxylation is 1. The molecule has 6 unspecified atom stereocenters. The number of halogens is 1.